The van der Waals surface area contributed by atoms with Gasteiger partial charge >= 0.3 is 6.18 Å². The Hall–Kier alpha value is -2.07. The van der Waals surface area contributed by atoms with Gasteiger partial charge in [0.15, 0.2) is 9.77 Å². The highest BCUT2D eigenvalue weighted by Crippen LogP contribution is 2.30. The molecule has 0 spiro atoms. The van der Waals surface area contributed by atoms with Gasteiger partial charge in [-0.3, -0.25) is 4.79 Å². The molecule has 10 heteroatoms. The maximum absolute atomic E-state index is 12.7. The van der Waals surface area contributed by atoms with E-state index < -0.39 is 37.3 Å². The molecule has 0 atom stereocenters. The lowest BCUT2D eigenvalue weighted by Crippen LogP contribution is -2.48. The summed E-state index contributed by atoms with van der Waals surface area (Å²) in [5.74, 6) is 0.00157. The number of rotatable bonds is 8. The first-order valence-corrected chi connectivity index (χ1v) is 11.2. The highest BCUT2D eigenvalue weighted by Gasteiger charge is 2.44. The number of aromatic nitrogens is 1. The Kier molecular flexibility index (Phi) is 7.34. The van der Waals surface area contributed by atoms with E-state index in [1.807, 2.05) is 30.3 Å². The Bertz CT molecular complexity index is 929. The van der Waals surface area contributed by atoms with Gasteiger partial charge in [-0.1, -0.05) is 18.2 Å². The van der Waals surface area contributed by atoms with Crippen LogP contribution in [-0.4, -0.2) is 36.4 Å². The van der Waals surface area contributed by atoms with Gasteiger partial charge in [0.05, 0.1) is 5.56 Å². The zero-order valence-corrected chi connectivity index (χ0v) is 17.5. The van der Waals surface area contributed by atoms with E-state index in [0.29, 0.717) is 18.7 Å². The molecule has 0 saturated heterocycles. The smallest absolute Gasteiger partial charge is 0.355 e. The molecule has 0 unspecified atom stereocenters. The molecule has 0 radical (unpaired) electrons. The number of sulfone groups is 1. The number of nitrogens with zero attached hydrogens (tertiary/aromatic N) is 1. The third-order valence-corrected chi connectivity index (χ3v) is 7.60. The minimum absolute atomic E-state index is 0.276. The Morgan fingerprint density at radius 1 is 1.10 bits per heavy atom. The number of hydrogen-bond acceptors (Lipinski definition) is 5. The van der Waals surface area contributed by atoms with Gasteiger partial charge in [-0.25, -0.2) is 13.4 Å². The summed E-state index contributed by atoms with van der Waals surface area (Å²) in [4.78, 5) is 16.9. The van der Waals surface area contributed by atoms with Gasteiger partial charge in [-0.15, -0.1) is 11.8 Å². The van der Waals surface area contributed by atoms with Gasteiger partial charge in [-0.05, 0) is 50.3 Å². The number of alkyl halides is 3. The molecular formula is C19H21F3N2O3S2. The summed E-state index contributed by atoms with van der Waals surface area (Å²) >= 11 is 1.61. The number of carbonyl (C=O) groups excluding carboxylic acids is 1. The Labute approximate surface area is 172 Å². The van der Waals surface area contributed by atoms with Crippen molar-refractivity contribution in [1.29, 1.82) is 0 Å². The second-order valence-electron chi connectivity index (χ2n) is 6.67. The van der Waals surface area contributed by atoms with Crippen LogP contribution in [0.25, 0.3) is 0 Å². The molecule has 29 heavy (non-hydrogen) atoms. The van der Waals surface area contributed by atoms with Crippen molar-refractivity contribution in [3.05, 3.63) is 54.2 Å². The van der Waals surface area contributed by atoms with Crippen LogP contribution in [-0.2, 0) is 20.8 Å². The molecule has 1 aromatic carbocycles. The molecular weight excluding hydrogens is 425 g/mol. The molecule has 158 valence electrons. The lowest BCUT2D eigenvalue weighted by Gasteiger charge is -2.23. The Morgan fingerprint density at radius 3 is 2.31 bits per heavy atom. The van der Waals surface area contributed by atoms with E-state index in [2.05, 4.69) is 10.3 Å². The van der Waals surface area contributed by atoms with Crippen LogP contribution in [0.1, 0.15) is 25.8 Å². The molecule has 2 aromatic rings. The SMILES string of the molecule is CC(C)(C(=O)NCCCSc1ccccc1)S(=O)(=O)c1ccc(C(F)(F)F)cn1. The van der Waals surface area contributed by atoms with E-state index in [4.69, 9.17) is 0 Å². The third-order valence-electron chi connectivity index (χ3n) is 4.18. The average Bonchev–Trinajstić information content (AvgIpc) is 2.67. The fourth-order valence-electron chi connectivity index (χ4n) is 2.28. The zero-order valence-electron chi connectivity index (χ0n) is 15.9. The number of pyridine rings is 1. The summed E-state index contributed by atoms with van der Waals surface area (Å²) in [6.07, 6.45) is -3.55. The molecule has 0 fully saturated rings. The number of benzene rings is 1. The minimum Gasteiger partial charge on any atom is -0.355 e. The zero-order chi connectivity index (χ0) is 21.7. The molecule has 1 amide bonds. The molecule has 0 aliphatic carbocycles. The van der Waals surface area contributed by atoms with Gasteiger partial charge in [-0.2, -0.15) is 13.2 Å². The average molecular weight is 447 g/mol. The number of amides is 1. The number of thioether (sulfide) groups is 1. The fourth-order valence-corrected chi connectivity index (χ4v) is 4.44. The van der Waals surface area contributed by atoms with Gasteiger partial charge in [0.1, 0.15) is 0 Å². The van der Waals surface area contributed by atoms with Crippen LogP contribution < -0.4 is 5.32 Å². The van der Waals surface area contributed by atoms with Crippen LogP contribution in [0, 0.1) is 0 Å². The van der Waals surface area contributed by atoms with Gasteiger partial charge in [0.25, 0.3) is 0 Å². The van der Waals surface area contributed by atoms with Crippen LogP contribution in [0.2, 0.25) is 0 Å². The topological polar surface area (TPSA) is 76.1 Å². The van der Waals surface area contributed by atoms with E-state index >= 15 is 0 Å². The minimum atomic E-state index is -4.63. The second-order valence-corrected chi connectivity index (χ2v) is 10.3. The van der Waals surface area contributed by atoms with Crippen LogP contribution in [0.5, 0.6) is 0 Å². The monoisotopic (exact) mass is 446 g/mol. The van der Waals surface area contributed by atoms with Gasteiger partial charge < -0.3 is 5.32 Å². The summed E-state index contributed by atoms with van der Waals surface area (Å²) in [6, 6.07) is 11.1. The van der Waals surface area contributed by atoms with E-state index in [9.17, 15) is 26.4 Å². The molecule has 1 N–H and O–H groups in total. The molecule has 0 aliphatic heterocycles. The molecule has 0 aliphatic rings. The quantitative estimate of drug-likeness (QED) is 0.491. The largest absolute Gasteiger partial charge is 0.417 e. The summed E-state index contributed by atoms with van der Waals surface area (Å²) in [6.45, 7) is 2.68. The van der Waals surface area contributed by atoms with Gasteiger partial charge in [0.2, 0.25) is 15.7 Å². The van der Waals surface area contributed by atoms with Crippen molar-refractivity contribution in [2.75, 3.05) is 12.3 Å². The lowest BCUT2D eigenvalue weighted by molar-refractivity contribution is -0.137. The summed E-state index contributed by atoms with van der Waals surface area (Å²) in [5.41, 5.74) is -1.06. The third kappa shape index (κ3) is 5.72. The molecule has 2 rings (SSSR count). The number of nitrogens with one attached hydrogen (secondary N) is 1. The maximum atomic E-state index is 12.7. The van der Waals surface area contributed by atoms with Crippen molar-refractivity contribution in [2.24, 2.45) is 0 Å². The predicted molar refractivity (Wildman–Crippen MR) is 105 cm³/mol. The second kappa shape index (κ2) is 9.17. The maximum Gasteiger partial charge on any atom is 0.417 e. The summed E-state index contributed by atoms with van der Waals surface area (Å²) in [7, 11) is -4.28. The van der Waals surface area contributed by atoms with Crippen LogP contribution >= 0.6 is 11.8 Å². The number of carbonyl (C=O) groups is 1. The van der Waals surface area contributed by atoms with Crippen LogP contribution in [0.4, 0.5) is 13.2 Å². The standard InChI is InChI=1S/C19H21F3N2O3S2/c1-18(2,17(25)23-11-6-12-28-15-7-4-3-5-8-15)29(26,27)16-10-9-14(13-24-16)19(20,21)22/h3-5,7-10,13H,6,11-12H2,1-2H3,(H,23,25). The first-order valence-electron chi connectivity index (χ1n) is 8.70. The van der Waals surface area contributed by atoms with Crippen molar-refractivity contribution in [2.45, 2.75) is 41.1 Å². The molecule has 1 aromatic heterocycles. The predicted octanol–water partition coefficient (Wildman–Crippen LogP) is 3.95. The first-order chi connectivity index (χ1) is 13.5. The van der Waals surface area contributed by atoms with E-state index in [0.717, 1.165) is 16.7 Å². The van der Waals surface area contributed by atoms with Gasteiger partial charge in [0, 0.05) is 17.6 Å². The highest BCUT2D eigenvalue weighted by atomic mass is 32.2. The normalized spacial score (nSPS) is 12.6. The van der Waals surface area contributed by atoms with E-state index in [1.54, 1.807) is 11.8 Å². The van der Waals surface area contributed by atoms with Crippen molar-refractivity contribution < 1.29 is 26.4 Å². The fraction of sp³-hybridized carbons (Fsp3) is 0.368. The highest BCUT2D eigenvalue weighted by molar-refractivity contribution is 7.99. The van der Waals surface area contributed by atoms with Crippen LogP contribution in [0.3, 0.4) is 0 Å². The van der Waals surface area contributed by atoms with Crippen molar-refractivity contribution in [1.82, 2.24) is 10.3 Å². The lowest BCUT2D eigenvalue weighted by atomic mass is 10.2. The molecule has 0 saturated carbocycles. The molecule has 1 heterocycles. The van der Waals surface area contributed by atoms with Crippen molar-refractivity contribution in [3.8, 4) is 0 Å². The summed E-state index contributed by atoms with van der Waals surface area (Å²) < 4.78 is 61.5. The van der Waals surface area contributed by atoms with Crippen molar-refractivity contribution >= 4 is 27.5 Å². The Balaban J connectivity index is 1.95. The summed E-state index contributed by atoms with van der Waals surface area (Å²) in [5, 5.41) is 2.00. The van der Waals surface area contributed by atoms with E-state index in [-0.39, 0.29) is 6.54 Å². The Morgan fingerprint density at radius 2 is 1.76 bits per heavy atom. The molecule has 0 bridgehead atoms. The van der Waals surface area contributed by atoms with E-state index in [1.165, 1.54) is 13.8 Å². The number of hydrogen-bond donors (Lipinski definition) is 1. The van der Waals surface area contributed by atoms with Crippen molar-refractivity contribution in [3.63, 3.8) is 0 Å². The number of halogens is 3. The molecule has 5 nitrogen and oxygen atoms in total. The van der Waals surface area contributed by atoms with Crippen LogP contribution in [0.15, 0.2) is 58.6 Å². The first kappa shape index (κ1) is 23.2.